The molecular formula is C24H29N3OS. The van der Waals surface area contributed by atoms with Gasteiger partial charge < -0.3 is 5.32 Å². The lowest BCUT2D eigenvalue weighted by atomic mass is 9.88. The number of piperidine rings is 1. The van der Waals surface area contributed by atoms with Crippen molar-refractivity contribution in [2.45, 2.75) is 45.4 Å². The maximum absolute atomic E-state index is 12.6. The van der Waals surface area contributed by atoms with Crippen molar-refractivity contribution in [3.05, 3.63) is 51.9 Å². The molecule has 2 aliphatic rings. The predicted octanol–water partition coefficient (Wildman–Crippen LogP) is 4.64. The molecule has 4 rings (SSSR count). The average molecular weight is 408 g/mol. The van der Waals surface area contributed by atoms with E-state index in [-0.39, 0.29) is 5.91 Å². The molecule has 2 aromatic rings. The Morgan fingerprint density at radius 2 is 2.00 bits per heavy atom. The number of hydrogen-bond donors (Lipinski definition) is 1. The van der Waals surface area contributed by atoms with Crippen molar-refractivity contribution < 1.29 is 4.79 Å². The number of benzene rings is 1. The van der Waals surface area contributed by atoms with Crippen molar-refractivity contribution in [2.24, 2.45) is 11.8 Å². The molecule has 1 aliphatic heterocycles. The zero-order valence-corrected chi connectivity index (χ0v) is 17.9. The maximum Gasteiger partial charge on any atom is 0.239 e. The highest BCUT2D eigenvalue weighted by molar-refractivity contribution is 7.16. The molecule has 2 heterocycles. The number of nitrogens with one attached hydrogen (secondary N) is 1. The summed E-state index contributed by atoms with van der Waals surface area (Å²) in [4.78, 5) is 16.2. The normalized spacial score (nSPS) is 20.1. The average Bonchev–Trinajstić information content (AvgIpc) is 3.06. The van der Waals surface area contributed by atoms with E-state index in [2.05, 4.69) is 53.5 Å². The first-order chi connectivity index (χ1) is 14.1. The van der Waals surface area contributed by atoms with Gasteiger partial charge in [-0.2, -0.15) is 5.26 Å². The van der Waals surface area contributed by atoms with E-state index in [1.807, 2.05) is 0 Å². The van der Waals surface area contributed by atoms with Gasteiger partial charge in [0.05, 0.1) is 12.1 Å². The van der Waals surface area contributed by atoms with Crippen LogP contribution in [0, 0.1) is 23.2 Å². The summed E-state index contributed by atoms with van der Waals surface area (Å²) in [6.45, 7) is 4.61. The van der Waals surface area contributed by atoms with Crippen LogP contribution >= 0.6 is 11.3 Å². The molecule has 1 aromatic carbocycles. The van der Waals surface area contributed by atoms with Gasteiger partial charge in [-0.25, -0.2) is 0 Å². The number of amides is 1. The number of carbonyl (C=O) groups is 1. The van der Waals surface area contributed by atoms with Crippen molar-refractivity contribution in [3.8, 4) is 6.07 Å². The van der Waals surface area contributed by atoms with Gasteiger partial charge in [-0.3, -0.25) is 9.69 Å². The third-order valence-corrected chi connectivity index (χ3v) is 7.49. The van der Waals surface area contributed by atoms with E-state index in [4.69, 9.17) is 0 Å². The van der Waals surface area contributed by atoms with Crippen molar-refractivity contribution >= 4 is 22.2 Å². The minimum absolute atomic E-state index is 0.00894. The summed E-state index contributed by atoms with van der Waals surface area (Å²) in [5, 5.41) is 13.4. The van der Waals surface area contributed by atoms with Crippen molar-refractivity contribution in [1.29, 1.82) is 5.26 Å². The van der Waals surface area contributed by atoms with Gasteiger partial charge in [-0.1, -0.05) is 37.3 Å². The van der Waals surface area contributed by atoms with Gasteiger partial charge in [0.1, 0.15) is 11.1 Å². The fourth-order valence-corrected chi connectivity index (χ4v) is 6.00. The van der Waals surface area contributed by atoms with E-state index < -0.39 is 0 Å². The molecule has 1 amide bonds. The molecule has 0 saturated carbocycles. The number of anilines is 1. The number of hydrogen-bond acceptors (Lipinski definition) is 4. The van der Waals surface area contributed by atoms with Crippen LogP contribution in [0.2, 0.25) is 0 Å². The molecule has 4 nitrogen and oxygen atoms in total. The minimum atomic E-state index is 0.00894. The van der Waals surface area contributed by atoms with Crippen LogP contribution in [0.25, 0.3) is 0 Å². The van der Waals surface area contributed by atoms with Crippen LogP contribution in [-0.4, -0.2) is 30.4 Å². The summed E-state index contributed by atoms with van der Waals surface area (Å²) in [5.74, 6) is 1.37. The summed E-state index contributed by atoms with van der Waals surface area (Å²) in [6.07, 6.45) is 6.52. The van der Waals surface area contributed by atoms with E-state index in [1.165, 1.54) is 16.0 Å². The Labute approximate surface area is 177 Å². The van der Waals surface area contributed by atoms with E-state index in [0.717, 1.165) is 56.6 Å². The molecule has 1 aromatic heterocycles. The second-order valence-corrected chi connectivity index (χ2v) is 9.73. The molecule has 1 aliphatic carbocycles. The van der Waals surface area contributed by atoms with E-state index in [0.29, 0.717) is 23.9 Å². The van der Waals surface area contributed by atoms with Crippen LogP contribution in [0.4, 0.5) is 5.00 Å². The summed E-state index contributed by atoms with van der Waals surface area (Å²) < 4.78 is 0. The third kappa shape index (κ3) is 4.88. The Hall–Kier alpha value is -2.16. The minimum Gasteiger partial charge on any atom is -0.315 e. The Kier molecular flexibility index (Phi) is 6.32. The number of rotatable bonds is 5. The van der Waals surface area contributed by atoms with Gasteiger partial charge in [0.15, 0.2) is 0 Å². The molecule has 29 heavy (non-hydrogen) atoms. The maximum atomic E-state index is 12.6. The standard InChI is InChI=1S/C24H29N3OS/c1-17-7-8-20-21(15-25)24(29-22(20)13-17)26-23(28)16-27-11-9-19(10-12-27)14-18-5-3-2-4-6-18/h2-6,17,19H,7-14,16H2,1H3,(H,26,28). The molecule has 0 bridgehead atoms. The van der Waals surface area contributed by atoms with Crippen LogP contribution in [0.1, 0.15) is 47.8 Å². The Balaban J connectivity index is 1.29. The largest absolute Gasteiger partial charge is 0.315 e. The Bertz CT molecular complexity index is 891. The van der Waals surface area contributed by atoms with E-state index in [9.17, 15) is 10.1 Å². The number of nitriles is 1. The van der Waals surface area contributed by atoms with Gasteiger partial charge >= 0.3 is 0 Å². The Morgan fingerprint density at radius 3 is 2.72 bits per heavy atom. The monoisotopic (exact) mass is 407 g/mol. The van der Waals surface area contributed by atoms with Gasteiger partial charge in [0, 0.05) is 4.88 Å². The highest BCUT2D eigenvalue weighted by Crippen LogP contribution is 2.39. The molecule has 5 heteroatoms. The highest BCUT2D eigenvalue weighted by atomic mass is 32.1. The van der Waals surface area contributed by atoms with Gasteiger partial charge in [0.25, 0.3) is 0 Å². The molecule has 1 fully saturated rings. The Morgan fingerprint density at radius 1 is 1.24 bits per heavy atom. The summed E-state index contributed by atoms with van der Waals surface area (Å²) in [7, 11) is 0. The molecule has 1 N–H and O–H groups in total. The van der Waals surface area contributed by atoms with Gasteiger partial charge in [-0.15, -0.1) is 11.3 Å². The van der Waals surface area contributed by atoms with Crippen LogP contribution in [0.15, 0.2) is 30.3 Å². The van der Waals surface area contributed by atoms with Gasteiger partial charge in [0.2, 0.25) is 5.91 Å². The summed E-state index contributed by atoms with van der Waals surface area (Å²) in [6, 6.07) is 13.0. The fourth-order valence-electron chi connectivity index (χ4n) is 4.62. The fraction of sp³-hybridized carbons (Fsp3) is 0.500. The molecule has 0 radical (unpaired) electrons. The van der Waals surface area contributed by atoms with Crippen LogP contribution < -0.4 is 5.32 Å². The first-order valence-corrected chi connectivity index (χ1v) is 11.5. The quantitative estimate of drug-likeness (QED) is 0.786. The molecule has 1 unspecified atom stereocenters. The predicted molar refractivity (Wildman–Crippen MR) is 118 cm³/mol. The smallest absolute Gasteiger partial charge is 0.239 e. The topological polar surface area (TPSA) is 56.1 Å². The zero-order chi connectivity index (χ0) is 20.2. The SMILES string of the molecule is CC1CCc2c(sc(NC(=O)CN3CCC(Cc4ccccc4)CC3)c2C#N)C1. The lowest BCUT2D eigenvalue weighted by molar-refractivity contribution is -0.117. The highest BCUT2D eigenvalue weighted by Gasteiger charge is 2.26. The zero-order valence-electron chi connectivity index (χ0n) is 17.1. The number of fused-ring (bicyclic) bond motifs is 1. The second-order valence-electron chi connectivity index (χ2n) is 8.63. The van der Waals surface area contributed by atoms with E-state index >= 15 is 0 Å². The van der Waals surface area contributed by atoms with Crippen molar-refractivity contribution in [3.63, 3.8) is 0 Å². The third-order valence-electron chi connectivity index (χ3n) is 6.32. The van der Waals surface area contributed by atoms with Crippen LogP contribution in [0.3, 0.4) is 0 Å². The van der Waals surface area contributed by atoms with Crippen LogP contribution in [0.5, 0.6) is 0 Å². The van der Waals surface area contributed by atoms with Crippen molar-refractivity contribution in [1.82, 2.24) is 4.90 Å². The lowest BCUT2D eigenvalue weighted by Gasteiger charge is -2.31. The van der Waals surface area contributed by atoms with Crippen molar-refractivity contribution in [2.75, 3.05) is 25.0 Å². The number of thiophene rings is 1. The van der Waals surface area contributed by atoms with Crippen LogP contribution in [-0.2, 0) is 24.1 Å². The first-order valence-electron chi connectivity index (χ1n) is 10.7. The molecule has 152 valence electrons. The number of nitrogens with zero attached hydrogens (tertiary/aromatic N) is 2. The molecular weight excluding hydrogens is 378 g/mol. The second kappa shape index (κ2) is 9.11. The molecule has 0 spiro atoms. The summed E-state index contributed by atoms with van der Waals surface area (Å²) >= 11 is 1.61. The first kappa shape index (κ1) is 20.1. The summed E-state index contributed by atoms with van der Waals surface area (Å²) in [5.41, 5.74) is 3.28. The number of likely N-dealkylation sites (tertiary alicyclic amines) is 1. The van der Waals surface area contributed by atoms with E-state index in [1.54, 1.807) is 11.3 Å². The van der Waals surface area contributed by atoms with Gasteiger partial charge in [-0.05, 0) is 74.6 Å². The molecule has 1 atom stereocenters. The lowest BCUT2D eigenvalue weighted by Crippen LogP contribution is -2.39. The molecule has 1 saturated heterocycles. The number of carbonyl (C=O) groups excluding carboxylic acids is 1.